The van der Waals surface area contributed by atoms with Crippen LogP contribution in [0.1, 0.15) is 140 Å². The van der Waals surface area contributed by atoms with Crippen molar-refractivity contribution in [3.63, 3.8) is 0 Å². The van der Waals surface area contributed by atoms with E-state index in [4.69, 9.17) is 51.2 Å². The number of hydrogen-bond acceptors (Lipinski definition) is 12. The van der Waals surface area contributed by atoms with E-state index in [0.717, 1.165) is 111 Å². The normalized spacial score (nSPS) is 35.4. The lowest BCUT2D eigenvalue weighted by molar-refractivity contribution is -0.229. The van der Waals surface area contributed by atoms with E-state index in [2.05, 4.69) is 89.0 Å². The molecule has 0 aliphatic carbocycles. The Bertz CT molecular complexity index is 1680. The van der Waals surface area contributed by atoms with E-state index in [9.17, 15) is 4.79 Å². The van der Waals surface area contributed by atoms with Crippen molar-refractivity contribution in [2.75, 3.05) is 26.9 Å². The minimum atomic E-state index is -2.00. The number of carbonyl (C=O) groups is 1. The van der Waals surface area contributed by atoms with Crippen molar-refractivity contribution >= 4 is 31.2 Å². The molecule has 0 N–H and O–H groups in total. The molecular weight excluding hydrogens is 973 g/mol. The zero-order valence-corrected chi connectivity index (χ0v) is 50.8. The lowest BCUT2D eigenvalue weighted by Crippen LogP contribution is -2.62. The first-order chi connectivity index (χ1) is 35.2. The van der Waals surface area contributed by atoms with E-state index in [1.807, 2.05) is 6.08 Å². The van der Waals surface area contributed by atoms with Gasteiger partial charge in [0.15, 0.2) is 25.0 Å². The van der Waals surface area contributed by atoms with Crippen LogP contribution in [0.4, 0.5) is 0 Å². The average molecular weight is 1080 g/mol. The number of methoxy groups -OCH3 is 1. The number of rotatable bonds is 33. The monoisotopic (exact) mass is 1080 g/mol. The Hall–Kier alpha value is -0.899. The smallest absolute Gasteiger partial charge is 0.192 e. The molecule has 12 nitrogen and oxygen atoms in total. The third-order valence-electron chi connectivity index (χ3n) is 19.2. The van der Waals surface area contributed by atoms with Crippen LogP contribution in [-0.4, -0.2) is 150 Å². The Labute approximate surface area is 446 Å². The van der Waals surface area contributed by atoms with Gasteiger partial charge in [-0.1, -0.05) is 88.5 Å². The van der Waals surface area contributed by atoms with E-state index in [1.165, 1.54) is 5.57 Å². The lowest BCUT2D eigenvalue weighted by atomic mass is 9.82. The van der Waals surface area contributed by atoms with Crippen LogP contribution in [0, 0.1) is 11.8 Å². The maximum absolute atomic E-state index is 12.3. The third kappa shape index (κ3) is 14.7. The van der Waals surface area contributed by atoms with Gasteiger partial charge in [0.25, 0.3) is 0 Å². The van der Waals surface area contributed by atoms with Crippen LogP contribution in [0.15, 0.2) is 37.0 Å². The van der Waals surface area contributed by atoms with Crippen LogP contribution in [0.25, 0.3) is 0 Å². The molecule has 6 aliphatic rings. The molecule has 6 rings (SSSR count). The number of aldehydes is 1. The van der Waals surface area contributed by atoms with Crippen molar-refractivity contribution in [1.29, 1.82) is 0 Å². The summed E-state index contributed by atoms with van der Waals surface area (Å²) in [5.41, 5.74) is 2.27. The molecule has 0 bridgehead atoms. The highest BCUT2D eigenvalue weighted by molar-refractivity contribution is 6.74. The first-order valence-electron chi connectivity index (χ1n) is 29.6. The quantitative estimate of drug-likeness (QED) is 0.0269. The first kappa shape index (κ1) is 61.3. The molecule has 0 spiro atoms. The van der Waals surface area contributed by atoms with Crippen LogP contribution < -0.4 is 0 Å². The van der Waals surface area contributed by atoms with Gasteiger partial charge in [-0.05, 0) is 123 Å². The number of fused-ring (bicyclic) bond motifs is 3. The van der Waals surface area contributed by atoms with E-state index < -0.39 is 25.0 Å². The molecule has 0 aromatic rings. The van der Waals surface area contributed by atoms with Crippen molar-refractivity contribution in [1.82, 2.24) is 0 Å². The maximum atomic E-state index is 12.3. The van der Waals surface area contributed by atoms with Crippen molar-refractivity contribution in [3.8, 4) is 0 Å². The molecule has 420 valence electrons. The van der Waals surface area contributed by atoms with Gasteiger partial charge in [-0.3, -0.25) is 0 Å². The Morgan fingerprint density at radius 1 is 0.699 bits per heavy atom. The van der Waals surface area contributed by atoms with Crippen molar-refractivity contribution in [3.05, 3.63) is 37.0 Å². The predicted molar refractivity (Wildman–Crippen MR) is 299 cm³/mol. The second-order valence-electron chi connectivity index (χ2n) is 22.9. The molecule has 6 fully saturated rings. The van der Waals surface area contributed by atoms with Gasteiger partial charge in [0.2, 0.25) is 0 Å². The summed E-state index contributed by atoms with van der Waals surface area (Å²) >= 11 is 0. The summed E-state index contributed by atoms with van der Waals surface area (Å²) in [6.45, 7) is 37.9. The molecule has 6 heterocycles. The van der Waals surface area contributed by atoms with Gasteiger partial charge >= 0.3 is 0 Å². The van der Waals surface area contributed by atoms with Crippen LogP contribution in [0.5, 0.6) is 0 Å². The number of ether oxygens (including phenoxy) is 8. The fraction of sp³-hybridized carbons (Fsp3) is 0.879. The molecule has 0 aromatic heterocycles. The molecule has 73 heavy (non-hydrogen) atoms. The Morgan fingerprint density at radius 3 is 2.00 bits per heavy atom. The molecule has 0 amide bonds. The molecule has 17 atom stereocenters. The van der Waals surface area contributed by atoms with Crippen molar-refractivity contribution < 1.29 is 56.0 Å². The zero-order valence-electron chi connectivity index (χ0n) is 47.8. The molecule has 6 saturated heterocycles. The highest BCUT2D eigenvalue weighted by Gasteiger charge is 2.59. The summed E-state index contributed by atoms with van der Waals surface area (Å²) in [6, 6.07) is 9.66. The molecule has 0 radical (unpaired) electrons. The SMILES string of the molecule is C=CCC1O[C@H]2[C@H]3OCC[C@H]3O[C@H]2[C@@H](OCCC[C@H]2CC(=C)C(CC[C@H]3C[C@@H](C)C(=C)[C@@H](C[C@@H]4OC(CC(CO[Si](CC)(CC)CC)O[Si](CC)(CC)CC)[C@H](OC)[C@H]4CC=O)O3)O2)C1O[Si](CC)(CC)CC. The molecule has 6 aliphatic heterocycles. The van der Waals surface area contributed by atoms with Crippen LogP contribution in [-0.2, 0) is 56.0 Å². The second-order valence-corrected chi connectivity index (χ2v) is 37.1. The van der Waals surface area contributed by atoms with Crippen LogP contribution >= 0.6 is 0 Å². The molecule has 5 unspecified atom stereocenters. The van der Waals surface area contributed by atoms with E-state index >= 15 is 0 Å². The summed E-state index contributed by atoms with van der Waals surface area (Å²) in [6.07, 6.45) is 9.71. The van der Waals surface area contributed by atoms with Gasteiger partial charge in [-0.2, -0.15) is 0 Å². The Balaban J connectivity index is 1.04. The standard InChI is InChI=1S/C58H104O12Si3/c1-15-26-48-55(70-73(22-8,23-9)24-10)56(58-57(67-48)54-49(68-58)31-34-62-54)61-33-25-27-43-36-41(12)47(64-43)29-28-44-35-40(11)42(13)50(65-44)38-51-46(30-32-59)53(60-14)52(66-51)37-45(69-72(19-5,20-6)21-7)39-63-71(16-2,17-3)18-4/h15,32,40,43-58H,1,12-13,16-31,33-39H2,2-11,14H3/t40-,43+,44+,45?,46+,47?,48?,49-,50-,51+,52?,53-,54+,55?,56+,57+,58+/m1/s1. The molecule has 0 aromatic carbocycles. The summed E-state index contributed by atoms with van der Waals surface area (Å²) in [4.78, 5) is 12.3. The Kier molecular flexibility index (Phi) is 24.2. The topological polar surface area (TPSA) is 119 Å². The van der Waals surface area contributed by atoms with Crippen LogP contribution in [0.3, 0.4) is 0 Å². The first-order valence-corrected chi connectivity index (χ1v) is 37.2. The molecule has 0 saturated carbocycles. The molecule has 15 heteroatoms. The maximum Gasteiger partial charge on any atom is 0.192 e. The van der Waals surface area contributed by atoms with E-state index in [-0.39, 0.29) is 97.5 Å². The number of hydrogen-bond donors (Lipinski definition) is 0. The summed E-state index contributed by atoms with van der Waals surface area (Å²) in [5, 5.41) is 0. The van der Waals surface area contributed by atoms with Gasteiger partial charge in [0.1, 0.15) is 36.8 Å². The largest absolute Gasteiger partial charge is 0.414 e. The highest BCUT2D eigenvalue weighted by Crippen LogP contribution is 2.45. The van der Waals surface area contributed by atoms with Gasteiger partial charge in [-0.15, -0.1) is 6.58 Å². The van der Waals surface area contributed by atoms with Crippen molar-refractivity contribution in [2.45, 2.75) is 286 Å². The Morgan fingerprint density at radius 2 is 1.37 bits per heavy atom. The van der Waals surface area contributed by atoms with Gasteiger partial charge in [0.05, 0.1) is 67.6 Å². The summed E-state index contributed by atoms with van der Waals surface area (Å²) < 4.78 is 75.1. The predicted octanol–water partition coefficient (Wildman–Crippen LogP) is 12.5. The van der Waals surface area contributed by atoms with Gasteiger partial charge < -0.3 is 56.0 Å². The third-order valence-corrected chi connectivity index (χ3v) is 33.2. The fourth-order valence-corrected chi connectivity index (χ4v) is 22.0. The summed E-state index contributed by atoms with van der Waals surface area (Å²) in [7, 11) is -4.06. The number of carbonyl (C=O) groups excluding carboxylic acids is 1. The van der Waals surface area contributed by atoms with Crippen LogP contribution in [0.2, 0.25) is 54.4 Å². The zero-order chi connectivity index (χ0) is 52.9. The minimum absolute atomic E-state index is 0.00386. The molecular formula is C58H104O12Si3. The average Bonchev–Trinajstić information content (AvgIpc) is 4.18. The minimum Gasteiger partial charge on any atom is -0.414 e. The lowest BCUT2D eigenvalue weighted by Gasteiger charge is -2.47. The van der Waals surface area contributed by atoms with E-state index in [1.54, 1.807) is 7.11 Å². The van der Waals surface area contributed by atoms with Gasteiger partial charge in [0, 0.05) is 45.5 Å². The summed E-state index contributed by atoms with van der Waals surface area (Å²) in [5.74, 6) is 0.204. The van der Waals surface area contributed by atoms with E-state index in [0.29, 0.717) is 51.4 Å². The second kappa shape index (κ2) is 28.8. The highest BCUT2D eigenvalue weighted by atomic mass is 28.4. The fourth-order valence-electron chi connectivity index (χ4n) is 13.7. The van der Waals surface area contributed by atoms with Crippen molar-refractivity contribution in [2.24, 2.45) is 11.8 Å². The van der Waals surface area contributed by atoms with Gasteiger partial charge in [-0.25, -0.2) is 0 Å².